The predicted octanol–water partition coefficient (Wildman–Crippen LogP) is 2.99. The molecule has 0 atom stereocenters. The average molecular weight is 279 g/mol. The Balaban J connectivity index is 1.96. The third kappa shape index (κ3) is 3.39. The van der Waals surface area contributed by atoms with E-state index in [0.29, 0.717) is 5.22 Å². The second kappa shape index (κ2) is 6.10. The lowest BCUT2D eigenvalue weighted by Gasteiger charge is -1.92. The SMILES string of the molecule is Cc1nc(SCc2cc(C#CCO)cs2)oc1C. The number of aryl methyl sites for hydroxylation is 2. The van der Waals surface area contributed by atoms with Gasteiger partial charge in [-0.1, -0.05) is 23.6 Å². The molecule has 0 aliphatic rings. The first-order valence-electron chi connectivity index (χ1n) is 5.43. The van der Waals surface area contributed by atoms with Gasteiger partial charge in [0.2, 0.25) is 0 Å². The Morgan fingerprint density at radius 1 is 1.50 bits per heavy atom. The highest BCUT2D eigenvalue weighted by atomic mass is 32.2. The number of thioether (sulfide) groups is 1. The molecule has 0 aliphatic carbocycles. The Labute approximate surface area is 114 Å². The van der Waals surface area contributed by atoms with Gasteiger partial charge in [-0.25, -0.2) is 4.98 Å². The molecule has 0 bridgehead atoms. The Bertz CT molecular complexity index is 570. The van der Waals surface area contributed by atoms with Crippen molar-refractivity contribution in [3.05, 3.63) is 33.3 Å². The van der Waals surface area contributed by atoms with Gasteiger partial charge in [-0.2, -0.15) is 0 Å². The minimum absolute atomic E-state index is 0.102. The van der Waals surface area contributed by atoms with Crippen LogP contribution in [0, 0.1) is 25.7 Å². The van der Waals surface area contributed by atoms with Crippen LogP contribution in [0.15, 0.2) is 21.1 Å². The van der Waals surface area contributed by atoms with Crippen molar-refractivity contribution < 1.29 is 9.52 Å². The minimum Gasteiger partial charge on any atom is -0.437 e. The summed E-state index contributed by atoms with van der Waals surface area (Å²) in [5.74, 6) is 7.22. The summed E-state index contributed by atoms with van der Waals surface area (Å²) in [4.78, 5) is 5.54. The first-order chi connectivity index (χ1) is 8.69. The van der Waals surface area contributed by atoms with Gasteiger partial charge in [0.25, 0.3) is 5.22 Å². The molecule has 3 nitrogen and oxygen atoms in total. The molecular weight excluding hydrogens is 266 g/mol. The van der Waals surface area contributed by atoms with E-state index in [4.69, 9.17) is 9.52 Å². The summed E-state index contributed by atoms with van der Waals surface area (Å²) in [6.45, 7) is 3.76. The molecule has 2 heterocycles. The maximum absolute atomic E-state index is 8.62. The smallest absolute Gasteiger partial charge is 0.256 e. The van der Waals surface area contributed by atoms with Crippen LogP contribution in [0.5, 0.6) is 0 Å². The van der Waals surface area contributed by atoms with Crippen LogP contribution in [-0.4, -0.2) is 16.7 Å². The summed E-state index contributed by atoms with van der Waals surface area (Å²) < 4.78 is 5.50. The lowest BCUT2D eigenvalue weighted by atomic mass is 10.3. The average Bonchev–Trinajstić information content (AvgIpc) is 2.92. The van der Waals surface area contributed by atoms with Gasteiger partial charge in [0.05, 0.1) is 5.69 Å². The maximum Gasteiger partial charge on any atom is 0.256 e. The number of thiophene rings is 1. The molecular formula is C13H13NO2S2. The largest absolute Gasteiger partial charge is 0.437 e. The van der Waals surface area contributed by atoms with Crippen LogP contribution in [0.1, 0.15) is 21.9 Å². The molecule has 94 valence electrons. The first-order valence-corrected chi connectivity index (χ1v) is 7.29. The second-order valence-corrected chi connectivity index (χ2v) is 5.59. The van der Waals surface area contributed by atoms with Crippen molar-refractivity contribution in [2.24, 2.45) is 0 Å². The molecule has 0 aliphatic heterocycles. The number of nitrogens with zero attached hydrogens (tertiary/aromatic N) is 1. The molecule has 2 aromatic heterocycles. The molecule has 0 fully saturated rings. The van der Waals surface area contributed by atoms with Crippen molar-refractivity contribution in [3.63, 3.8) is 0 Å². The van der Waals surface area contributed by atoms with E-state index in [9.17, 15) is 0 Å². The van der Waals surface area contributed by atoms with Crippen LogP contribution in [-0.2, 0) is 5.75 Å². The molecule has 0 radical (unpaired) electrons. The molecule has 18 heavy (non-hydrogen) atoms. The van der Waals surface area contributed by atoms with Crippen molar-refractivity contribution in [1.82, 2.24) is 4.98 Å². The number of aliphatic hydroxyl groups excluding tert-OH is 1. The van der Waals surface area contributed by atoms with E-state index < -0.39 is 0 Å². The number of hydrogen-bond acceptors (Lipinski definition) is 5. The predicted molar refractivity (Wildman–Crippen MR) is 73.8 cm³/mol. The standard InChI is InChI=1S/C13H13NO2S2/c1-9-10(2)16-13(14-9)18-8-12-6-11(7-17-12)4-3-5-15/h6-7,15H,5,8H2,1-2H3. The van der Waals surface area contributed by atoms with Crippen molar-refractivity contribution in [1.29, 1.82) is 0 Å². The van der Waals surface area contributed by atoms with Crippen LogP contribution in [0.2, 0.25) is 0 Å². The lowest BCUT2D eigenvalue weighted by Crippen LogP contribution is -1.76. The molecule has 2 aromatic rings. The lowest BCUT2D eigenvalue weighted by molar-refractivity contribution is 0.350. The molecule has 0 saturated heterocycles. The topological polar surface area (TPSA) is 46.3 Å². The van der Waals surface area contributed by atoms with Gasteiger partial charge in [-0.15, -0.1) is 11.3 Å². The monoisotopic (exact) mass is 279 g/mol. The van der Waals surface area contributed by atoms with Gasteiger partial charge < -0.3 is 9.52 Å². The highest BCUT2D eigenvalue weighted by molar-refractivity contribution is 7.98. The summed E-state index contributed by atoms with van der Waals surface area (Å²) in [6.07, 6.45) is 0. The summed E-state index contributed by atoms with van der Waals surface area (Å²) in [6, 6.07) is 2.03. The van der Waals surface area contributed by atoms with E-state index in [1.54, 1.807) is 23.1 Å². The summed E-state index contributed by atoms with van der Waals surface area (Å²) in [5.41, 5.74) is 1.89. The van der Waals surface area contributed by atoms with Gasteiger partial charge in [0.1, 0.15) is 12.4 Å². The van der Waals surface area contributed by atoms with Crippen LogP contribution >= 0.6 is 23.1 Å². The zero-order valence-corrected chi connectivity index (χ0v) is 11.8. The quantitative estimate of drug-likeness (QED) is 0.693. The molecule has 5 heteroatoms. The third-order valence-corrected chi connectivity index (χ3v) is 4.31. The van der Waals surface area contributed by atoms with E-state index in [1.165, 1.54) is 4.88 Å². The van der Waals surface area contributed by atoms with Crippen molar-refractivity contribution >= 4 is 23.1 Å². The molecule has 0 spiro atoms. The van der Waals surface area contributed by atoms with E-state index in [-0.39, 0.29) is 6.61 Å². The van der Waals surface area contributed by atoms with Crippen LogP contribution in [0.4, 0.5) is 0 Å². The van der Waals surface area contributed by atoms with Gasteiger partial charge in [-0.3, -0.25) is 0 Å². The number of aromatic nitrogens is 1. The fraction of sp³-hybridized carbons (Fsp3) is 0.308. The molecule has 0 saturated carbocycles. The summed E-state index contributed by atoms with van der Waals surface area (Å²) in [7, 11) is 0. The highest BCUT2D eigenvalue weighted by Crippen LogP contribution is 2.26. The maximum atomic E-state index is 8.62. The van der Waals surface area contributed by atoms with Gasteiger partial charge >= 0.3 is 0 Å². The fourth-order valence-electron chi connectivity index (χ4n) is 1.30. The molecule has 2 rings (SSSR count). The Morgan fingerprint density at radius 2 is 2.33 bits per heavy atom. The van der Waals surface area contributed by atoms with E-state index in [0.717, 1.165) is 22.8 Å². The molecule has 0 amide bonds. The van der Waals surface area contributed by atoms with Gasteiger partial charge in [-0.05, 0) is 19.9 Å². The van der Waals surface area contributed by atoms with E-state index in [1.807, 2.05) is 25.3 Å². The highest BCUT2D eigenvalue weighted by Gasteiger charge is 2.07. The zero-order chi connectivity index (χ0) is 13.0. The summed E-state index contributed by atoms with van der Waals surface area (Å²) in [5, 5.41) is 11.3. The van der Waals surface area contributed by atoms with Crippen LogP contribution in [0.3, 0.4) is 0 Å². The van der Waals surface area contributed by atoms with Gasteiger partial charge in [0.15, 0.2) is 0 Å². The normalized spacial score (nSPS) is 10.2. The minimum atomic E-state index is -0.102. The summed E-state index contributed by atoms with van der Waals surface area (Å²) >= 11 is 3.24. The van der Waals surface area contributed by atoms with E-state index >= 15 is 0 Å². The Hall–Kier alpha value is -1.22. The number of rotatable bonds is 3. The number of aliphatic hydroxyl groups is 1. The third-order valence-electron chi connectivity index (χ3n) is 2.31. The number of hydrogen-bond donors (Lipinski definition) is 1. The van der Waals surface area contributed by atoms with Crippen molar-refractivity contribution in [3.8, 4) is 11.8 Å². The fourth-order valence-corrected chi connectivity index (χ4v) is 3.09. The van der Waals surface area contributed by atoms with E-state index in [2.05, 4.69) is 16.8 Å². The van der Waals surface area contributed by atoms with Crippen molar-refractivity contribution in [2.75, 3.05) is 6.61 Å². The zero-order valence-electron chi connectivity index (χ0n) is 10.2. The van der Waals surface area contributed by atoms with Gasteiger partial charge in [0, 0.05) is 21.6 Å². The Morgan fingerprint density at radius 3 is 3.00 bits per heavy atom. The Kier molecular flexibility index (Phi) is 4.48. The molecule has 0 aromatic carbocycles. The second-order valence-electron chi connectivity index (χ2n) is 3.67. The van der Waals surface area contributed by atoms with Crippen LogP contribution < -0.4 is 0 Å². The molecule has 1 N–H and O–H groups in total. The van der Waals surface area contributed by atoms with Crippen molar-refractivity contribution in [2.45, 2.75) is 24.8 Å². The van der Waals surface area contributed by atoms with Crippen LogP contribution in [0.25, 0.3) is 0 Å². The molecule has 0 unspecified atom stereocenters. The number of oxazole rings is 1. The first kappa shape index (κ1) is 13.2.